The number of carboxylic acids is 1. The van der Waals surface area contributed by atoms with E-state index < -0.39 is 17.6 Å². The molecule has 0 atom stereocenters. The topological polar surface area (TPSA) is 63.3 Å². The smallest absolute Gasteiger partial charge is 0.358 e. The Bertz CT molecular complexity index is 635. The summed E-state index contributed by atoms with van der Waals surface area (Å²) in [6.45, 7) is 3.67. The molecule has 0 saturated heterocycles. The van der Waals surface area contributed by atoms with Crippen LogP contribution in [0.2, 0.25) is 0 Å². The van der Waals surface area contributed by atoms with E-state index in [9.17, 15) is 13.6 Å². The molecule has 0 amide bonds. The summed E-state index contributed by atoms with van der Waals surface area (Å²) in [5.74, 6) is -3.50. The van der Waals surface area contributed by atoms with E-state index in [1.807, 2.05) is 13.8 Å². The van der Waals surface area contributed by atoms with Crippen LogP contribution >= 0.6 is 0 Å². The van der Waals surface area contributed by atoms with Crippen LogP contribution < -0.4 is 0 Å². The number of aromatic carboxylic acids is 1. The molecule has 1 aromatic carbocycles. The third-order valence-electron chi connectivity index (χ3n) is 2.71. The fourth-order valence-corrected chi connectivity index (χ4v) is 1.63. The van der Waals surface area contributed by atoms with Crippen molar-refractivity contribution in [3.63, 3.8) is 0 Å². The Morgan fingerprint density at radius 1 is 1.32 bits per heavy atom. The Balaban J connectivity index is 2.56. The molecule has 4 nitrogen and oxygen atoms in total. The van der Waals surface area contributed by atoms with Gasteiger partial charge in [0.1, 0.15) is 0 Å². The van der Waals surface area contributed by atoms with Crippen molar-refractivity contribution in [2.45, 2.75) is 19.8 Å². The van der Waals surface area contributed by atoms with Crippen LogP contribution in [0, 0.1) is 11.6 Å². The van der Waals surface area contributed by atoms with Crippen LogP contribution in [0.3, 0.4) is 0 Å². The first kappa shape index (κ1) is 13.2. The summed E-state index contributed by atoms with van der Waals surface area (Å²) in [5, 5.41) is 12.0. The van der Waals surface area contributed by atoms with Gasteiger partial charge in [-0.1, -0.05) is 19.0 Å². The lowest BCUT2D eigenvalue weighted by Crippen LogP contribution is -1.96. The first-order valence-electron chi connectivity index (χ1n) is 5.59. The molecule has 1 aromatic heterocycles. The molecule has 0 unspecified atom stereocenters. The molecule has 100 valence electrons. The second-order valence-electron chi connectivity index (χ2n) is 4.40. The van der Waals surface area contributed by atoms with E-state index in [0.29, 0.717) is 5.56 Å². The predicted octanol–water partition coefficient (Wildman–Crippen LogP) is 3.44. The standard InChI is InChI=1S/C13H11F2NO3/c1-6(2)7-3-8(12(15)9(14)4-7)11-5-10(13(17)18)16-19-11/h3-6H,1-2H3,(H,17,18). The van der Waals surface area contributed by atoms with E-state index in [1.165, 1.54) is 6.07 Å². The SMILES string of the molecule is CC(C)c1cc(F)c(F)c(-c2cc(C(=O)O)no2)c1. The van der Waals surface area contributed by atoms with Gasteiger partial charge in [0.15, 0.2) is 23.1 Å². The number of halogens is 2. The zero-order chi connectivity index (χ0) is 14.2. The van der Waals surface area contributed by atoms with Gasteiger partial charge >= 0.3 is 5.97 Å². The molecule has 0 saturated carbocycles. The van der Waals surface area contributed by atoms with Gasteiger partial charge in [-0.15, -0.1) is 0 Å². The van der Waals surface area contributed by atoms with Crippen LogP contribution in [0.15, 0.2) is 22.7 Å². The molecule has 0 aliphatic rings. The van der Waals surface area contributed by atoms with E-state index in [2.05, 4.69) is 5.16 Å². The monoisotopic (exact) mass is 267 g/mol. The number of nitrogens with zero attached hydrogens (tertiary/aromatic N) is 1. The Morgan fingerprint density at radius 3 is 2.53 bits per heavy atom. The van der Waals surface area contributed by atoms with Gasteiger partial charge in [-0.3, -0.25) is 0 Å². The summed E-state index contributed by atoms with van der Waals surface area (Å²) in [5.41, 5.74) is 0.0932. The van der Waals surface area contributed by atoms with E-state index >= 15 is 0 Å². The fraction of sp³-hybridized carbons (Fsp3) is 0.231. The minimum atomic E-state index is -1.30. The van der Waals surface area contributed by atoms with Gasteiger partial charge in [-0.2, -0.15) is 0 Å². The summed E-state index contributed by atoms with van der Waals surface area (Å²) in [6.07, 6.45) is 0. The third-order valence-corrected chi connectivity index (χ3v) is 2.71. The zero-order valence-electron chi connectivity index (χ0n) is 10.3. The second kappa shape index (κ2) is 4.79. The Labute approximate surface area is 107 Å². The molecule has 0 aliphatic heterocycles. The maximum atomic E-state index is 13.7. The van der Waals surface area contributed by atoms with E-state index in [1.54, 1.807) is 0 Å². The van der Waals surface area contributed by atoms with Crippen LogP contribution in [0.1, 0.15) is 35.8 Å². The Morgan fingerprint density at radius 2 is 2.00 bits per heavy atom. The zero-order valence-corrected chi connectivity index (χ0v) is 10.3. The molecule has 19 heavy (non-hydrogen) atoms. The van der Waals surface area contributed by atoms with Gasteiger partial charge in [0.2, 0.25) is 0 Å². The van der Waals surface area contributed by atoms with Crippen molar-refractivity contribution in [1.29, 1.82) is 0 Å². The van der Waals surface area contributed by atoms with Gasteiger partial charge in [0, 0.05) is 6.07 Å². The maximum absolute atomic E-state index is 13.7. The number of rotatable bonds is 3. The lowest BCUT2D eigenvalue weighted by atomic mass is 9.99. The van der Waals surface area contributed by atoms with E-state index in [0.717, 1.165) is 12.1 Å². The van der Waals surface area contributed by atoms with Gasteiger partial charge in [0.05, 0.1) is 5.56 Å². The molecule has 1 heterocycles. The minimum Gasteiger partial charge on any atom is -0.476 e. The van der Waals surface area contributed by atoms with Gasteiger partial charge < -0.3 is 9.63 Å². The van der Waals surface area contributed by atoms with Crippen molar-refractivity contribution in [3.05, 3.63) is 41.1 Å². The lowest BCUT2D eigenvalue weighted by Gasteiger charge is -2.08. The van der Waals surface area contributed by atoms with Crippen molar-refractivity contribution < 1.29 is 23.2 Å². The molecule has 1 N–H and O–H groups in total. The quantitative estimate of drug-likeness (QED) is 0.925. The van der Waals surface area contributed by atoms with Crippen LogP contribution in [0.5, 0.6) is 0 Å². The van der Waals surface area contributed by atoms with Crippen molar-refractivity contribution in [3.8, 4) is 11.3 Å². The molecule has 0 fully saturated rings. The van der Waals surface area contributed by atoms with Crippen LogP contribution in [-0.4, -0.2) is 16.2 Å². The van der Waals surface area contributed by atoms with E-state index in [-0.39, 0.29) is 22.9 Å². The van der Waals surface area contributed by atoms with Crippen molar-refractivity contribution in [2.75, 3.05) is 0 Å². The number of hydrogen-bond donors (Lipinski definition) is 1. The normalized spacial score (nSPS) is 11.0. The summed E-state index contributed by atoms with van der Waals surface area (Å²) in [6, 6.07) is 3.59. The first-order valence-corrected chi connectivity index (χ1v) is 5.59. The maximum Gasteiger partial charge on any atom is 0.358 e. The Kier molecular flexibility index (Phi) is 3.33. The number of carboxylic acid groups (broad SMARTS) is 1. The lowest BCUT2D eigenvalue weighted by molar-refractivity contribution is 0.0686. The number of carbonyl (C=O) groups is 1. The highest BCUT2D eigenvalue weighted by atomic mass is 19.2. The highest BCUT2D eigenvalue weighted by Gasteiger charge is 2.19. The molecular weight excluding hydrogens is 256 g/mol. The van der Waals surface area contributed by atoms with Crippen molar-refractivity contribution in [1.82, 2.24) is 5.16 Å². The summed E-state index contributed by atoms with van der Waals surface area (Å²) in [7, 11) is 0. The highest BCUT2D eigenvalue weighted by Crippen LogP contribution is 2.29. The number of benzene rings is 1. The first-order chi connectivity index (χ1) is 8.90. The second-order valence-corrected chi connectivity index (χ2v) is 4.40. The van der Waals surface area contributed by atoms with E-state index in [4.69, 9.17) is 9.63 Å². The number of aromatic nitrogens is 1. The summed E-state index contributed by atoms with van der Waals surface area (Å²) in [4.78, 5) is 10.7. The van der Waals surface area contributed by atoms with Crippen LogP contribution in [0.25, 0.3) is 11.3 Å². The molecule has 0 aliphatic carbocycles. The molecule has 0 radical (unpaired) electrons. The largest absolute Gasteiger partial charge is 0.476 e. The van der Waals surface area contributed by atoms with Crippen LogP contribution in [-0.2, 0) is 0 Å². The summed E-state index contributed by atoms with van der Waals surface area (Å²) >= 11 is 0. The highest BCUT2D eigenvalue weighted by molar-refractivity contribution is 5.86. The van der Waals surface area contributed by atoms with Gasteiger partial charge in [-0.05, 0) is 23.6 Å². The van der Waals surface area contributed by atoms with Crippen molar-refractivity contribution in [2.24, 2.45) is 0 Å². The average Bonchev–Trinajstić information content (AvgIpc) is 2.81. The minimum absolute atomic E-state index is 0.00397. The van der Waals surface area contributed by atoms with Crippen LogP contribution in [0.4, 0.5) is 8.78 Å². The molecular formula is C13H11F2NO3. The fourth-order valence-electron chi connectivity index (χ4n) is 1.63. The van der Waals surface area contributed by atoms with Gasteiger partial charge in [-0.25, -0.2) is 13.6 Å². The third kappa shape index (κ3) is 2.47. The Hall–Kier alpha value is -2.24. The number of hydrogen-bond acceptors (Lipinski definition) is 3. The van der Waals surface area contributed by atoms with Crippen molar-refractivity contribution >= 4 is 5.97 Å². The molecule has 0 spiro atoms. The molecule has 2 aromatic rings. The molecule has 2 rings (SSSR count). The summed E-state index contributed by atoms with van der Waals surface area (Å²) < 4.78 is 32.0. The predicted molar refractivity (Wildman–Crippen MR) is 62.9 cm³/mol. The average molecular weight is 267 g/mol. The van der Waals surface area contributed by atoms with Gasteiger partial charge in [0.25, 0.3) is 0 Å². The molecule has 0 bridgehead atoms. The molecule has 6 heteroatoms.